The van der Waals surface area contributed by atoms with Crippen molar-refractivity contribution in [3.8, 4) is 0 Å². The standard InChI is InChI=1S/C20H20FN3O3/c1-12-6-7-17(8-13(12)2)24-11-15(10-18(24)25)20(27)23-22-19(26)14-4-3-5-16(21)9-14/h3-9,15H,10-11H2,1-2H3,(H,22,26)(H,23,27)/t15-/m1/s1. The van der Waals surface area contributed by atoms with Crippen molar-refractivity contribution in [2.24, 2.45) is 5.92 Å². The van der Waals surface area contributed by atoms with Gasteiger partial charge in [0.2, 0.25) is 11.8 Å². The third-order valence-electron chi connectivity index (χ3n) is 4.68. The van der Waals surface area contributed by atoms with E-state index in [1.807, 2.05) is 32.0 Å². The topological polar surface area (TPSA) is 78.5 Å². The van der Waals surface area contributed by atoms with Crippen molar-refractivity contribution in [2.75, 3.05) is 11.4 Å². The predicted molar refractivity (Wildman–Crippen MR) is 98.4 cm³/mol. The minimum Gasteiger partial charge on any atom is -0.312 e. The molecule has 0 aliphatic carbocycles. The average molecular weight is 369 g/mol. The smallest absolute Gasteiger partial charge is 0.269 e. The van der Waals surface area contributed by atoms with E-state index in [9.17, 15) is 18.8 Å². The number of aryl methyl sites for hydroxylation is 2. The Kier molecular flexibility index (Phi) is 5.21. The van der Waals surface area contributed by atoms with Crippen LogP contribution in [0.25, 0.3) is 0 Å². The number of anilines is 1. The zero-order valence-electron chi connectivity index (χ0n) is 15.1. The molecule has 140 valence electrons. The molecule has 0 bridgehead atoms. The van der Waals surface area contributed by atoms with E-state index in [-0.39, 0.29) is 24.4 Å². The van der Waals surface area contributed by atoms with E-state index in [4.69, 9.17) is 0 Å². The molecule has 1 heterocycles. The first-order valence-electron chi connectivity index (χ1n) is 8.58. The molecule has 7 heteroatoms. The molecule has 1 aliphatic rings. The highest BCUT2D eigenvalue weighted by Gasteiger charge is 2.35. The summed E-state index contributed by atoms with van der Waals surface area (Å²) in [5.74, 6) is -2.35. The lowest BCUT2D eigenvalue weighted by Crippen LogP contribution is -2.45. The lowest BCUT2D eigenvalue weighted by atomic mass is 10.1. The third-order valence-corrected chi connectivity index (χ3v) is 4.68. The molecule has 0 radical (unpaired) electrons. The maximum atomic E-state index is 13.2. The van der Waals surface area contributed by atoms with Gasteiger partial charge in [-0.15, -0.1) is 0 Å². The van der Waals surface area contributed by atoms with E-state index in [2.05, 4.69) is 10.9 Å². The van der Waals surface area contributed by atoms with Crippen molar-refractivity contribution in [1.29, 1.82) is 0 Å². The fraction of sp³-hybridized carbons (Fsp3) is 0.250. The number of carbonyl (C=O) groups is 3. The number of halogens is 1. The number of benzene rings is 2. The van der Waals surface area contributed by atoms with Gasteiger partial charge in [-0.05, 0) is 55.3 Å². The summed E-state index contributed by atoms with van der Waals surface area (Å²) in [6.07, 6.45) is 0.0641. The molecule has 3 rings (SSSR count). The number of hydrogen-bond donors (Lipinski definition) is 2. The Balaban J connectivity index is 1.60. The molecular formula is C20H20FN3O3. The molecule has 2 aromatic carbocycles. The number of carbonyl (C=O) groups excluding carboxylic acids is 3. The molecule has 1 aliphatic heterocycles. The Bertz CT molecular complexity index is 913. The number of amides is 3. The lowest BCUT2D eigenvalue weighted by Gasteiger charge is -2.18. The summed E-state index contributed by atoms with van der Waals surface area (Å²) in [5, 5.41) is 0. The molecule has 0 saturated carbocycles. The summed E-state index contributed by atoms with van der Waals surface area (Å²) in [4.78, 5) is 38.2. The summed E-state index contributed by atoms with van der Waals surface area (Å²) < 4.78 is 13.2. The summed E-state index contributed by atoms with van der Waals surface area (Å²) in [6, 6.07) is 10.8. The predicted octanol–water partition coefficient (Wildman–Crippen LogP) is 2.26. The minimum atomic E-state index is -0.627. The average Bonchev–Trinajstić information content (AvgIpc) is 3.03. The normalized spacial score (nSPS) is 16.3. The quantitative estimate of drug-likeness (QED) is 0.815. The van der Waals surface area contributed by atoms with Gasteiger partial charge in [0, 0.05) is 24.2 Å². The zero-order chi connectivity index (χ0) is 19.6. The van der Waals surface area contributed by atoms with Crippen LogP contribution in [-0.2, 0) is 9.59 Å². The van der Waals surface area contributed by atoms with Crippen LogP contribution in [0.2, 0.25) is 0 Å². The van der Waals surface area contributed by atoms with E-state index >= 15 is 0 Å². The van der Waals surface area contributed by atoms with Crippen LogP contribution < -0.4 is 15.8 Å². The second-order valence-electron chi connectivity index (χ2n) is 6.63. The first-order valence-corrected chi connectivity index (χ1v) is 8.58. The summed E-state index contributed by atoms with van der Waals surface area (Å²) >= 11 is 0. The Labute approximate surface area is 156 Å². The molecule has 1 atom stereocenters. The Morgan fingerprint density at radius 3 is 2.56 bits per heavy atom. The molecule has 0 unspecified atom stereocenters. The highest BCUT2D eigenvalue weighted by Crippen LogP contribution is 2.26. The van der Waals surface area contributed by atoms with Gasteiger partial charge in [0.05, 0.1) is 5.92 Å². The highest BCUT2D eigenvalue weighted by atomic mass is 19.1. The first-order chi connectivity index (χ1) is 12.8. The maximum absolute atomic E-state index is 13.2. The Morgan fingerprint density at radius 1 is 1.07 bits per heavy atom. The fourth-order valence-corrected chi connectivity index (χ4v) is 2.95. The largest absolute Gasteiger partial charge is 0.312 e. The van der Waals surface area contributed by atoms with Gasteiger partial charge in [-0.3, -0.25) is 25.2 Å². The Hall–Kier alpha value is -3.22. The van der Waals surface area contributed by atoms with Gasteiger partial charge in [-0.2, -0.15) is 0 Å². The van der Waals surface area contributed by atoms with Crippen molar-refractivity contribution in [3.63, 3.8) is 0 Å². The minimum absolute atomic E-state index is 0.0641. The summed E-state index contributed by atoms with van der Waals surface area (Å²) in [5.41, 5.74) is 7.60. The zero-order valence-corrected chi connectivity index (χ0v) is 15.1. The van der Waals surface area contributed by atoms with Gasteiger partial charge in [0.25, 0.3) is 5.91 Å². The van der Waals surface area contributed by atoms with Gasteiger partial charge in [-0.25, -0.2) is 4.39 Å². The van der Waals surface area contributed by atoms with Crippen LogP contribution in [0.15, 0.2) is 42.5 Å². The molecule has 27 heavy (non-hydrogen) atoms. The van der Waals surface area contributed by atoms with Crippen LogP contribution >= 0.6 is 0 Å². The number of hydrogen-bond acceptors (Lipinski definition) is 3. The molecule has 1 fully saturated rings. The van der Waals surface area contributed by atoms with Crippen molar-refractivity contribution in [1.82, 2.24) is 10.9 Å². The molecule has 6 nitrogen and oxygen atoms in total. The van der Waals surface area contributed by atoms with Crippen molar-refractivity contribution >= 4 is 23.4 Å². The van der Waals surface area contributed by atoms with Gasteiger partial charge in [0.15, 0.2) is 0 Å². The van der Waals surface area contributed by atoms with Crippen molar-refractivity contribution in [2.45, 2.75) is 20.3 Å². The second kappa shape index (κ2) is 7.57. The molecule has 1 saturated heterocycles. The van der Waals surface area contributed by atoms with Crippen LogP contribution in [0.3, 0.4) is 0 Å². The monoisotopic (exact) mass is 369 g/mol. The first kappa shape index (κ1) is 18.6. The van der Waals surface area contributed by atoms with Crippen LogP contribution in [-0.4, -0.2) is 24.3 Å². The number of nitrogens with one attached hydrogen (secondary N) is 2. The van der Waals surface area contributed by atoms with E-state index < -0.39 is 23.5 Å². The maximum Gasteiger partial charge on any atom is 0.269 e. The van der Waals surface area contributed by atoms with Crippen LogP contribution in [0.1, 0.15) is 27.9 Å². The van der Waals surface area contributed by atoms with Crippen LogP contribution in [0.5, 0.6) is 0 Å². The number of nitrogens with zero attached hydrogens (tertiary/aromatic N) is 1. The van der Waals surface area contributed by atoms with Gasteiger partial charge in [-0.1, -0.05) is 12.1 Å². The second-order valence-corrected chi connectivity index (χ2v) is 6.63. The molecular weight excluding hydrogens is 349 g/mol. The molecule has 2 aromatic rings. The van der Waals surface area contributed by atoms with Crippen molar-refractivity contribution in [3.05, 3.63) is 65.0 Å². The summed E-state index contributed by atoms with van der Waals surface area (Å²) in [6.45, 7) is 4.19. The highest BCUT2D eigenvalue weighted by molar-refractivity contribution is 6.01. The van der Waals surface area contributed by atoms with Crippen LogP contribution in [0, 0.1) is 25.6 Å². The van der Waals surface area contributed by atoms with Gasteiger partial charge >= 0.3 is 0 Å². The fourth-order valence-electron chi connectivity index (χ4n) is 2.95. The van der Waals surface area contributed by atoms with Crippen LogP contribution in [0.4, 0.5) is 10.1 Å². The van der Waals surface area contributed by atoms with E-state index in [0.29, 0.717) is 0 Å². The van der Waals surface area contributed by atoms with E-state index in [0.717, 1.165) is 22.9 Å². The SMILES string of the molecule is Cc1ccc(N2C[C@H](C(=O)NNC(=O)c3cccc(F)c3)CC2=O)cc1C. The third kappa shape index (κ3) is 4.13. The van der Waals surface area contributed by atoms with Crippen molar-refractivity contribution < 1.29 is 18.8 Å². The van der Waals surface area contributed by atoms with Gasteiger partial charge < -0.3 is 4.90 Å². The van der Waals surface area contributed by atoms with Gasteiger partial charge in [0.1, 0.15) is 5.82 Å². The molecule has 0 spiro atoms. The molecule has 0 aromatic heterocycles. The lowest BCUT2D eigenvalue weighted by molar-refractivity contribution is -0.126. The van der Waals surface area contributed by atoms with E-state index in [1.54, 1.807) is 4.90 Å². The summed E-state index contributed by atoms with van der Waals surface area (Å²) in [7, 11) is 0. The molecule has 3 amide bonds. The number of rotatable bonds is 3. The van der Waals surface area contributed by atoms with E-state index in [1.165, 1.54) is 18.2 Å². The Morgan fingerprint density at radius 2 is 1.85 bits per heavy atom. The number of hydrazine groups is 1. The molecule has 2 N–H and O–H groups in total.